The molecule has 8 heteroatoms. The number of imidazole rings is 1. The number of ether oxygens (including phenoxy) is 1. The minimum absolute atomic E-state index is 0.236. The Kier molecular flexibility index (Phi) is 4.45. The predicted molar refractivity (Wildman–Crippen MR) is 68.1 cm³/mol. The van der Waals surface area contributed by atoms with E-state index >= 15 is 0 Å². The standard InChI is InChI=1S/C11H18N6O2/c1-3-19-11(18)9-10(13-8-12-9)14-15-17-6-4-16(2)5-7-17/h8H,3-7H2,1-2H3,(H,12,13). The van der Waals surface area contributed by atoms with Crippen molar-refractivity contribution in [1.29, 1.82) is 0 Å². The van der Waals surface area contributed by atoms with Crippen molar-refractivity contribution in [2.24, 2.45) is 10.3 Å². The number of hydrogen-bond acceptors (Lipinski definition) is 6. The van der Waals surface area contributed by atoms with Gasteiger partial charge in [0.1, 0.15) is 0 Å². The SMILES string of the molecule is CCOC(=O)c1[nH]cnc1N=NN1CCN(C)CC1. The molecule has 0 bridgehead atoms. The summed E-state index contributed by atoms with van der Waals surface area (Å²) in [4.78, 5) is 20.5. The molecular formula is C11H18N6O2. The number of aromatic nitrogens is 2. The van der Waals surface area contributed by atoms with E-state index in [1.807, 2.05) is 5.01 Å². The summed E-state index contributed by atoms with van der Waals surface area (Å²) in [5, 5.41) is 9.98. The first kappa shape index (κ1) is 13.5. The molecule has 0 unspecified atom stereocenters. The predicted octanol–water partition coefficient (Wildman–Crippen LogP) is 0.833. The highest BCUT2D eigenvalue weighted by Crippen LogP contribution is 2.16. The van der Waals surface area contributed by atoms with Crippen molar-refractivity contribution < 1.29 is 9.53 Å². The van der Waals surface area contributed by atoms with Gasteiger partial charge in [0.2, 0.25) is 5.82 Å². The number of carbonyl (C=O) groups is 1. The van der Waals surface area contributed by atoms with Gasteiger partial charge in [-0.05, 0) is 14.0 Å². The highest BCUT2D eigenvalue weighted by atomic mass is 16.5. The molecule has 104 valence electrons. The number of H-pyrrole nitrogens is 1. The van der Waals surface area contributed by atoms with E-state index in [1.165, 1.54) is 6.33 Å². The van der Waals surface area contributed by atoms with Gasteiger partial charge in [-0.1, -0.05) is 5.22 Å². The number of rotatable bonds is 4. The van der Waals surface area contributed by atoms with Crippen LogP contribution in [0.15, 0.2) is 16.7 Å². The lowest BCUT2D eigenvalue weighted by atomic mass is 10.4. The second kappa shape index (κ2) is 6.28. The van der Waals surface area contributed by atoms with Gasteiger partial charge in [-0.25, -0.2) is 9.78 Å². The molecule has 1 aromatic rings. The molecule has 0 amide bonds. The van der Waals surface area contributed by atoms with Gasteiger partial charge < -0.3 is 14.6 Å². The van der Waals surface area contributed by atoms with E-state index in [-0.39, 0.29) is 11.5 Å². The second-order valence-corrected chi connectivity index (χ2v) is 4.27. The first-order chi connectivity index (χ1) is 9.20. The fourth-order valence-electron chi connectivity index (χ4n) is 1.71. The smallest absolute Gasteiger partial charge is 0.358 e. The van der Waals surface area contributed by atoms with Crippen LogP contribution in [0.2, 0.25) is 0 Å². The molecule has 8 nitrogen and oxygen atoms in total. The Balaban J connectivity index is 1.99. The van der Waals surface area contributed by atoms with E-state index in [0.717, 1.165) is 26.2 Å². The van der Waals surface area contributed by atoms with Crippen molar-refractivity contribution >= 4 is 11.8 Å². The van der Waals surface area contributed by atoms with Gasteiger partial charge in [-0.3, -0.25) is 5.01 Å². The van der Waals surface area contributed by atoms with Gasteiger partial charge in [0.05, 0.1) is 26.0 Å². The van der Waals surface area contributed by atoms with Crippen molar-refractivity contribution in [1.82, 2.24) is 19.9 Å². The van der Waals surface area contributed by atoms with Gasteiger partial charge in [0.25, 0.3) is 0 Å². The van der Waals surface area contributed by atoms with Crippen molar-refractivity contribution in [3.63, 3.8) is 0 Å². The summed E-state index contributed by atoms with van der Waals surface area (Å²) in [6.45, 7) is 5.60. The Morgan fingerprint density at radius 2 is 2.21 bits per heavy atom. The van der Waals surface area contributed by atoms with Crippen LogP contribution >= 0.6 is 0 Å². The quantitative estimate of drug-likeness (QED) is 0.644. The summed E-state index contributed by atoms with van der Waals surface area (Å²) in [6, 6.07) is 0. The van der Waals surface area contributed by atoms with Crippen molar-refractivity contribution in [2.75, 3.05) is 39.8 Å². The third-order valence-electron chi connectivity index (χ3n) is 2.84. The van der Waals surface area contributed by atoms with Crippen molar-refractivity contribution in [2.45, 2.75) is 6.92 Å². The third kappa shape index (κ3) is 3.50. The van der Waals surface area contributed by atoms with Crippen molar-refractivity contribution in [3.05, 3.63) is 12.0 Å². The van der Waals surface area contributed by atoms with Crippen LogP contribution in [0.4, 0.5) is 5.82 Å². The summed E-state index contributed by atoms with van der Waals surface area (Å²) >= 11 is 0. The molecule has 1 saturated heterocycles. The van der Waals surface area contributed by atoms with E-state index in [9.17, 15) is 4.79 Å². The Morgan fingerprint density at radius 1 is 1.47 bits per heavy atom. The van der Waals surface area contributed by atoms with Crippen molar-refractivity contribution in [3.8, 4) is 0 Å². The van der Waals surface area contributed by atoms with Crippen LogP contribution < -0.4 is 0 Å². The maximum atomic E-state index is 11.6. The molecule has 0 saturated carbocycles. The summed E-state index contributed by atoms with van der Waals surface area (Å²) in [5.74, 6) is -0.204. The molecule has 1 N–H and O–H groups in total. The first-order valence-electron chi connectivity index (χ1n) is 6.26. The van der Waals surface area contributed by atoms with Gasteiger partial charge in [0.15, 0.2) is 5.69 Å². The zero-order chi connectivity index (χ0) is 13.7. The third-order valence-corrected chi connectivity index (χ3v) is 2.84. The number of carbonyl (C=O) groups excluding carboxylic acids is 1. The van der Waals surface area contributed by atoms with Crippen LogP contribution in [0.1, 0.15) is 17.4 Å². The van der Waals surface area contributed by atoms with E-state index < -0.39 is 5.97 Å². The fourth-order valence-corrected chi connectivity index (χ4v) is 1.71. The number of aromatic amines is 1. The molecule has 0 radical (unpaired) electrons. The van der Waals surface area contributed by atoms with Crippen LogP contribution in [0.25, 0.3) is 0 Å². The molecule has 0 aliphatic carbocycles. The maximum Gasteiger partial charge on any atom is 0.358 e. The summed E-state index contributed by atoms with van der Waals surface area (Å²) in [6.07, 6.45) is 1.41. The van der Waals surface area contributed by atoms with Gasteiger partial charge in [-0.2, -0.15) is 0 Å². The average molecular weight is 266 g/mol. The topological polar surface area (TPSA) is 86.2 Å². The number of nitrogens with one attached hydrogen (secondary N) is 1. The lowest BCUT2D eigenvalue weighted by Crippen LogP contribution is -2.41. The largest absolute Gasteiger partial charge is 0.461 e. The minimum atomic E-state index is -0.465. The fraction of sp³-hybridized carbons (Fsp3) is 0.636. The molecule has 1 aliphatic rings. The number of esters is 1. The highest BCUT2D eigenvalue weighted by Gasteiger charge is 2.16. The van der Waals surface area contributed by atoms with E-state index in [1.54, 1.807) is 6.92 Å². The Labute approximate surface area is 111 Å². The number of nitrogens with zero attached hydrogens (tertiary/aromatic N) is 5. The monoisotopic (exact) mass is 266 g/mol. The molecule has 2 rings (SSSR count). The van der Waals surface area contributed by atoms with Crippen LogP contribution in [0, 0.1) is 0 Å². The molecule has 2 heterocycles. The Morgan fingerprint density at radius 3 is 2.89 bits per heavy atom. The molecule has 0 atom stereocenters. The van der Waals surface area contributed by atoms with E-state index in [0.29, 0.717) is 6.61 Å². The van der Waals surface area contributed by atoms with E-state index in [2.05, 4.69) is 32.3 Å². The summed E-state index contributed by atoms with van der Waals surface area (Å²) < 4.78 is 4.90. The molecule has 19 heavy (non-hydrogen) atoms. The molecule has 1 aromatic heterocycles. The molecular weight excluding hydrogens is 248 g/mol. The second-order valence-electron chi connectivity index (χ2n) is 4.27. The molecule has 0 spiro atoms. The van der Waals surface area contributed by atoms with Crippen LogP contribution in [0.5, 0.6) is 0 Å². The highest BCUT2D eigenvalue weighted by molar-refractivity contribution is 5.91. The minimum Gasteiger partial charge on any atom is -0.461 e. The maximum absolute atomic E-state index is 11.6. The van der Waals surface area contributed by atoms with Gasteiger partial charge in [-0.15, -0.1) is 5.11 Å². The Bertz CT molecular complexity index is 450. The summed E-state index contributed by atoms with van der Waals surface area (Å²) in [7, 11) is 2.07. The average Bonchev–Trinajstić information content (AvgIpc) is 2.87. The number of piperazine rings is 1. The number of hydrogen-bond donors (Lipinski definition) is 1. The summed E-state index contributed by atoms with van der Waals surface area (Å²) in [5.41, 5.74) is 0.236. The van der Waals surface area contributed by atoms with E-state index in [4.69, 9.17) is 4.74 Å². The first-order valence-corrected chi connectivity index (χ1v) is 6.26. The lowest BCUT2D eigenvalue weighted by molar-refractivity contribution is 0.0521. The zero-order valence-electron chi connectivity index (χ0n) is 11.2. The molecule has 0 aromatic carbocycles. The normalized spacial score (nSPS) is 17.1. The molecule has 1 aliphatic heterocycles. The molecule has 1 fully saturated rings. The number of likely N-dealkylation sites (N-methyl/N-ethyl adjacent to an activating group) is 1. The van der Waals surface area contributed by atoms with Crippen LogP contribution in [-0.2, 0) is 4.74 Å². The van der Waals surface area contributed by atoms with Crippen LogP contribution in [0.3, 0.4) is 0 Å². The lowest BCUT2D eigenvalue weighted by Gasteiger charge is -2.29. The van der Waals surface area contributed by atoms with Crippen LogP contribution in [-0.4, -0.2) is 65.7 Å². The van der Waals surface area contributed by atoms with Gasteiger partial charge in [0, 0.05) is 13.1 Å². The Hall–Kier alpha value is -1.96. The zero-order valence-corrected chi connectivity index (χ0v) is 11.2. The van der Waals surface area contributed by atoms with Gasteiger partial charge >= 0.3 is 5.97 Å².